The van der Waals surface area contributed by atoms with Crippen LogP contribution in [0.4, 0.5) is 5.69 Å². The molecule has 0 saturated carbocycles. The fourth-order valence-electron chi connectivity index (χ4n) is 2.88. The Morgan fingerprint density at radius 3 is 2.41 bits per heavy atom. The highest BCUT2D eigenvalue weighted by molar-refractivity contribution is 7.80. The Bertz CT molecular complexity index is 944. The fourth-order valence-corrected chi connectivity index (χ4v) is 3.12. The molecule has 0 bridgehead atoms. The second-order valence-corrected chi connectivity index (χ2v) is 6.67. The van der Waals surface area contributed by atoms with Gasteiger partial charge in [0.1, 0.15) is 23.0 Å². The molecule has 0 radical (unpaired) electrons. The Morgan fingerprint density at radius 2 is 1.72 bits per heavy atom. The predicted molar refractivity (Wildman–Crippen MR) is 117 cm³/mol. The second kappa shape index (κ2) is 9.84. The van der Waals surface area contributed by atoms with Crippen LogP contribution in [0.25, 0.3) is 0 Å². The fraction of sp³-hybridized carbons (Fsp3) is 0.227. The average molecular weight is 413 g/mol. The first-order chi connectivity index (χ1) is 14.1. The van der Waals surface area contributed by atoms with Gasteiger partial charge >= 0.3 is 0 Å². The van der Waals surface area contributed by atoms with Gasteiger partial charge in [-0.25, -0.2) is 0 Å². The summed E-state index contributed by atoms with van der Waals surface area (Å²) in [7, 11) is 4.88. The van der Waals surface area contributed by atoms with Gasteiger partial charge in [0.25, 0.3) is 0 Å². The van der Waals surface area contributed by atoms with Gasteiger partial charge in [0.05, 0.1) is 39.8 Å². The molecule has 29 heavy (non-hydrogen) atoms. The van der Waals surface area contributed by atoms with Crippen molar-refractivity contribution in [2.24, 2.45) is 0 Å². The first-order valence-electron chi connectivity index (χ1n) is 9.06. The highest BCUT2D eigenvalue weighted by Gasteiger charge is 2.15. The summed E-state index contributed by atoms with van der Waals surface area (Å²) in [6.45, 7) is 1.11. The van der Waals surface area contributed by atoms with E-state index in [1.807, 2.05) is 59.5 Å². The van der Waals surface area contributed by atoms with E-state index in [2.05, 4.69) is 5.32 Å². The first-order valence-corrected chi connectivity index (χ1v) is 9.47. The molecule has 0 aliphatic heterocycles. The van der Waals surface area contributed by atoms with Crippen LogP contribution in [0.3, 0.4) is 0 Å². The average Bonchev–Trinajstić information content (AvgIpc) is 3.26. The van der Waals surface area contributed by atoms with Gasteiger partial charge in [0, 0.05) is 12.6 Å². The molecule has 2 aromatic carbocycles. The van der Waals surface area contributed by atoms with E-state index in [-0.39, 0.29) is 0 Å². The van der Waals surface area contributed by atoms with Crippen LogP contribution < -0.4 is 19.5 Å². The Balaban J connectivity index is 1.82. The molecule has 3 rings (SSSR count). The number of anilines is 1. The highest BCUT2D eigenvalue weighted by atomic mass is 32.1. The molecule has 6 nitrogen and oxygen atoms in total. The summed E-state index contributed by atoms with van der Waals surface area (Å²) in [5.41, 5.74) is 1.83. The molecule has 0 fully saturated rings. The van der Waals surface area contributed by atoms with E-state index in [1.165, 1.54) is 0 Å². The summed E-state index contributed by atoms with van der Waals surface area (Å²) in [5, 5.41) is 3.83. The summed E-state index contributed by atoms with van der Waals surface area (Å²) in [6, 6.07) is 17.2. The van der Waals surface area contributed by atoms with E-state index in [9.17, 15) is 0 Å². The minimum absolute atomic E-state index is 0.522. The number of nitrogens with one attached hydrogen (secondary N) is 1. The summed E-state index contributed by atoms with van der Waals surface area (Å²) in [4.78, 5) is 2.02. The van der Waals surface area contributed by atoms with Crippen molar-refractivity contribution in [3.63, 3.8) is 0 Å². The molecule has 0 spiro atoms. The zero-order valence-electron chi connectivity index (χ0n) is 16.7. The number of hydrogen-bond acceptors (Lipinski definition) is 5. The lowest BCUT2D eigenvalue weighted by Gasteiger charge is -2.26. The van der Waals surface area contributed by atoms with Gasteiger partial charge in [-0.2, -0.15) is 0 Å². The van der Waals surface area contributed by atoms with Gasteiger partial charge in [-0.3, -0.25) is 0 Å². The molecule has 1 N–H and O–H groups in total. The molecular formula is C22H24N2O4S. The van der Waals surface area contributed by atoms with E-state index in [0.717, 1.165) is 22.8 Å². The van der Waals surface area contributed by atoms with Crippen molar-refractivity contribution in [1.29, 1.82) is 0 Å². The van der Waals surface area contributed by atoms with Crippen LogP contribution in [-0.2, 0) is 13.1 Å². The van der Waals surface area contributed by atoms with Gasteiger partial charge in [-0.15, -0.1) is 0 Å². The Labute approximate surface area is 176 Å². The number of benzene rings is 2. The molecule has 3 aromatic rings. The number of ether oxygens (including phenoxy) is 3. The quantitative estimate of drug-likeness (QED) is 0.538. The lowest BCUT2D eigenvalue weighted by molar-refractivity contribution is 0.358. The maximum absolute atomic E-state index is 5.71. The van der Waals surface area contributed by atoms with Crippen LogP contribution in [0.15, 0.2) is 65.3 Å². The van der Waals surface area contributed by atoms with E-state index in [1.54, 1.807) is 27.6 Å². The van der Waals surface area contributed by atoms with Crippen LogP contribution in [0, 0.1) is 0 Å². The molecule has 152 valence electrons. The summed E-state index contributed by atoms with van der Waals surface area (Å²) >= 11 is 5.71. The van der Waals surface area contributed by atoms with Crippen molar-refractivity contribution < 1.29 is 18.6 Å². The van der Waals surface area contributed by atoms with Gasteiger partial charge in [0.15, 0.2) is 5.11 Å². The van der Waals surface area contributed by atoms with Crippen molar-refractivity contribution in [1.82, 2.24) is 4.90 Å². The molecule has 7 heteroatoms. The van der Waals surface area contributed by atoms with Gasteiger partial charge in [-0.1, -0.05) is 12.1 Å². The number of methoxy groups -OCH3 is 3. The Morgan fingerprint density at radius 1 is 0.931 bits per heavy atom. The summed E-state index contributed by atoms with van der Waals surface area (Å²) in [5.74, 6) is 2.98. The molecule has 0 unspecified atom stereocenters. The zero-order chi connectivity index (χ0) is 20.6. The lowest BCUT2D eigenvalue weighted by Crippen LogP contribution is -2.33. The van der Waals surface area contributed by atoms with Crippen molar-refractivity contribution >= 4 is 23.0 Å². The van der Waals surface area contributed by atoms with Crippen LogP contribution in [0.5, 0.6) is 17.2 Å². The van der Waals surface area contributed by atoms with E-state index < -0.39 is 0 Å². The first kappa shape index (κ1) is 20.5. The molecule has 0 aliphatic carbocycles. The third-order valence-corrected chi connectivity index (χ3v) is 4.73. The van der Waals surface area contributed by atoms with Gasteiger partial charge < -0.3 is 28.8 Å². The number of hydrogen-bond donors (Lipinski definition) is 1. The van der Waals surface area contributed by atoms with E-state index in [4.69, 9.17) is 30.8 Å². The molecular weight excluding hydrogens is 388 g/mol. The van der Waals surface area contributed by atoms with Crippen molar-refractivity contribution in [2.75, 3.05) is 26.6 Å². The molecule has 0 aliphatic rings. The predicted octanol–water partition coefficient (Wildman–Crippen LogP) is 4.70. The zero-order valence-corrected chi connectivity index (χ0v) is 17.5. The van der Waals surface area contributed by atoms with E-state index in [0.29, 0.717) is 29.7 Å². The largest absolute Gasteiger partial charge is 0.497 e. The number of furan rings is 1. The van der Waals surface area contributed by atoms with E-state index >= 15 is 0 Å². The SMILES string of the molecule is COc1cccc(CN(Cc2ccco2)C(=S)Nc2ccc(OC)cc2OC)c1. The minimum atomic E-state index is 0.522. The number of thiocarbonyl (C=S) groups is 1. The van der Waals surface area contributed by atoms with Gasteiger partial charge in [0.2, 0.25) is 0 Å². The Hall–Kier alpha value is -3.19. The Kier molecular flexibility index (Phi) is 6.97. The highest BCUT2D eigenvalue weighted by Crippen LogP contribution is 2.29. The van der Waals surface area contributed by atoms with Crippen LogP contribution in [-0.4, -0.2) is 31.3 Å². The lowest BCUT2D eigenvalue weighted by atomic mass is 10.2. The molecule has 0 amide bonds. The van der Waals surface area contributed by atoms with Crippen molar-refractivity contribution in [2.45, 2.75) is 13.1 Å². The topological polar surface area (TPSA) is 56.1 Å². The van der Waals surface area contributed by atoms with Gasteiger partial charge in [-0.05, 0) is 54.2 Å². The number of rotatable bonds is 8. The van der Waals surface area contributed by atoms with Crippen LogP contribution >= 0.6 is 12.2 Å². The maximum atomic E-state index is 5.71. The molecule has 1 aromatic heterocycles. The standard InChI is InChI=1S/C22H24N2O4S/c1-25-17-7-4-6-16(12-17)14-24(15-19-8-5-11-28-19)22(29)23-20-10-9-18(26-2)13-21(20)27-3/h4-13H,14-15H2,1-3H3,(H,23,29). The minimum Gasteiger partial charge on any atom is -0.497 e. The third-order valence-electron chi connectivity index (χ3n) is 4.37. The van der Waals surface area contributed by atoms with Crippen molar-refractivity contribution in [3.8, 4) is 17.2 Å². The molecule has 1 heterocycles. The molecule has 0 atom stereocenters. The summed E-state index contributed by atoms with van der Waals surface area (Å²) < 4.78 is 21.6. The normalized spacial score (nSPS) is 10.3. The molecule has 0 saturated heterocycles. The maximum Gasteiger partial charge on any atom is 0.174 e. The van der Waals surface area contributed by atoms with Crippen molar-refractivity contribution in [3.05, 3.63) is 72.2 Å². The van der Waals surface area contributed by atoms with Crippen LogP contribution in [0.2, 0.25) is 0 Å². The monoisotopic (exact) mass is 412 g/mol. The van der Waals surface area contributed by atoms with Crippen LogP contribution in [0.1, 0.15) is 11.3 Å². The number of nitrogens with zero attached hydrogens (tertiary/aromatic N) is 1. The third kappa shape index (κ3) is 5.42. The smallest absolute Gasteiger partial charge is 0.174 e. The second-order valence-electron chi connectivity index (χ2n) is 6.28. The summed E-state index contributed by atoms with van der Waals surface area (Å²) in [6.07, 6.45) is 1.65.